The van der Waals surface area contributed by atoms with Crippen LogP contribution in [0.3, 0.4) is 0 Å². The molecule has 0 unspecified atom stereocenters. The lowest BCUT2D eigenvalue weighted by molar-refractivity contribution is 0.603. The summed E-state index contributed by atoms with van der Waals surface area (Å²) >= 11 is 1.19. The fourth-order valence-electron chi connectivity index (χ4n) is 2.00. The Kier molecular flexibility index (Phi) is 3.52. The van der Waals surface area contributed by atoms with Crippen LogP contribution in [-0.2, 0) is 10.0 Å². The van der Waals surface area contributed by atoms with Gasteiger partial charge in [0.2, 0.25) is 0 Å². The maximum absolute atomic E-state index is 12.2. The van der Waals surface area contributed by atoms with Crippen LogP contribution in [0.1, 0.15) is 5.69 Å². The molecule has 0 saturated carbocycles. The van der Waals surface area contributed by atoms with Gasteiger partial charge in [0.25, 0.3) is 10.0 Å². The summed E-state index contributed by atoms with van der Waals surface area (Å²) in [6.45, 7) is 1.92. The number of aromatic nitrogens is 2. The second kappa shape index (κ2) is 5.34. The number of aromatic amines is 1. The van der Waals surface area contributed by atoms with Crippen molar-refractivity contribution in [2.75, 3.05) is 4.72 Å². The van der Waals surface area contributed by atoms with Crippen LogP contribution in [0, 0.1) is 6.92 Å². The van der Waals surface area contributed by atoms with Gasteiger partial charge in [0.1, 0.15) is 4.21 Å². The van der Waals surface area contributed by atoms with Crippen molar-refractivity contribution in [3.63, 3.8) is 0 Å². The van der Waals surface area contributed by atoms with E-state index in [9.17, 15) is 8.42 Å². The number of rotatable bonds is 4. The number of sulfonamides is 1. The summed E-state index contributed by atoms with van der Waals surface area (Å²) in [6, 6.07) is 10.5. The molecule has 3 rings (SSSR count). The summed E-state index contributed by atoms with van der Waals surface area (Å²) < 4.78 is 27.3. The SMILES string of the molecule is Cc1[nH]cnc1-c1cccc(NS(=O)(=O)c2cccs2)c1. The second-order valence-electron chi connectivity index (χ2n) is 4.49. The van der Waals surface area contributed by atoms with E-state index in [2.05, 4.69) is 14.7 Å². The van der Waals surface area contributed by atoms with Crippen LogP contribution >= 0.6 is 11.3 Å². The van der Waals surface area contributed by atoms with E-state index in [1.54, 1.807) is 42.0 Å². The molecule has 0 aliphatic carbocycles. The third-order valence-corrected chi connectivity index (χ3v) is 5.76. The predicted octanol–water partition coefficient (Wildman–Crippen LogP) is 3.25. The molecule has 108 valence electrons. The van der Waals surface area contributed by atoms with Crippen LogP contribution in [0.25, 0.3) is 11.3 Å². The Hall–Kier alpha value is -2.12. The number of imidazole rings is 1. The predicted molar refractivity (Wildman–Crippen MR) is 83.9 cm³/mol. The Balaban J connectivity index is 1.93. The van der Waals surface area contributed by atoms with Gasteiger partial charge >= 0.3 is 0 Å². The molecule has 0 spiro atoms. The maximum Gasteiger partial charge on any atom is 0.271 e. The van der Waals surface area contributed by atoms with Gasteiger partial charge in [-0.25, -0.2) is 13.4 Å². The lowest BCUT2D eigenvalue weighted by Crippen LogP contribution is -2.11. The van der Waals surface area contributed by atoms with Crippen molar-refractivity contribution in [1.29, 1.82) is 0 Å². The zero-order valence-corrected chi connectivity index (χ0v) is 12.8. The van der Waals surface area contributed by atoms with Crippen molar-refractivity contribution in [3.05, 3.63) is 53.8 Å². The van der Waals surface area contributed by atoms with E-state index < -0.39 is 10.0 Å². The minimum Gasteiger partial charge on any atom is -0.348 e. The van der Waals surface area contributed by atoms with Crippen molar-refractivity contribution in [2.24, 2.45) is 0 Å². The number of aryl methyl sites for hydroxylation is 1. The van der Waals surface area contributed by atoms with E-state index in [1.165, 1.54) is 11.3 Å². The molecule has 3 aromatic rings. The first-order valence-electron chi connectivity index (χ1n) is 6.23. The number of nitrogens with one attached hydrogen (secondary N) is 2. The maximum atomic E-state index is 12.2. The summed E-state index contributed by atoms with van der Waals surface area (Å²) in [5.41, 5.74) is 3.13. The average molecular weight is 319 g/mol. The van der Waals surface area contributed by atoms with Crippen LogP contribution < -0.4 is 4.72 Å². The van der Waals surface area contributed by atoms with Crippen molar-refractivity contribution >= 4 is 27.0 Å². The van der Waals surface area contributed by atoms with E-state index >= 15 is 0 Å². The summed E-state index contributed by atoms with van der Waals surface area (Å²) in [5.74, 6) is 0. The Labute approximate surface area is 126 Å². The summed E-state index contributed by atoms with van der Waals surface area (Å²) in [4.78, 5) is 7.25. The van der Waals surface area contributed by atoms with Crippen molar-refractivity contribution in [1.82, 2.24) is 9.97 Å². The first kappa shape index (κ1) is 13.8. The Morgan fingerprint density at radius 2 is 2.10 bits per heavy atom. The van der Waals surface area contributed by atoms with Crippen LogP contribution in [0.5, 0.6) is 0 Å². The zero-order chi connectivity index (χ0) is 14.9. The number of anilines is 1. The van der Waals surface area contributed by atoms with Crippen LogP contribution in [0.4, 0.5) is 5.69 Å². The molecule has 2 aromatic heterocycles. The normalized spacial score (nSPS) is 11.5. The molecule has 0 aliphatic heterocycles. The average Bonchev–Trinajstić information content (AvgIpc) is 3.09. The number of hydrogen-bond donors (Lipinski definition) is 2. The summed E-state index contributed by atoms with van der Waals surface area (Å²) in [7, 11) is -3.53. The van der Waals surface area contributed by atoms with Gasteiger partial charge in [-0.05, 0) is 30.5 Å². The minimum atomic E-state index is -3.53. The van der Waals surface area contributed by atoms with Gasteiger partial charge in [-0.15, -0.1) is 11.3 Å². The highest BCUT2D eigenvalue weighted by molar-refractivity contribution is 7.94. The topological polar surface area (TPSA) is 74.8 Å². The third-order valence-electron chi connectivity index (χ3n) is 2.98. The van der Waals surface area contributed by atoms with Gasteiger partial charge < -0.3 is 4.98 Å². The number of hydrogen-bond acceptors (Lipinski definition) is 4. The van der Waals surface area contributed by atoms with Gasteiger partial charge in [-0.2, -0.15) is 0 Å². The second-order valence-corrected chi connectivity index (χ2v) is 7.35. The largest absolute Gasteiger partial charge is 0.348 e. The van der Waals surface area contributed by atoms with Gasteiger partial charge in [-0.1, -0.05) is 18.2 Å². The first-order valence-corrected chi connectivity index (χ1v) is 8.59. The molecule has 0 atom stereocenters. The first-order chi connectivity index (χ1) is 10.1. The van der Waals surface area contributed by atoms with E-state index in [1.807, 2.05) is 13.0 Å². The molecule has 0 bridgehead atoms. The molecule has 0 radical (unpaired) electrons. The van der Waals surface area contributed by atoms with E-state index in [0.717, 1.165) is 17.0 Å². The summed E-state index contributed by atoms with van der Waals surface area (Å²) in [5, 5.41) is 1.73. The molecular weight excluding hydrogens is 306 g/mol. The molecule has 21 heavy (non-hydrogen) atoms. The van der Waals surface area contributed by atoms with E-state index in [-0.39, 0.29) is 0 Å². The van der Waals surface area contributed by atoms with Gasteiger partial charge in [0, 0.05) is 16.9 Å². The fourth-order valence-corrected chi connectivity index (χ4v) is 4.04. The standard InChI is InChI=1S/C14H13N3O2S2/c1-10-14(16-9-15-10)11-4-2-5-12(8-11)17-21(18,19)13-6-3-7-20-13/h2-9,17H,1H3,(H,15,16). The molecule has 0 aliphatic rings. The lowest BCUT2D eigenvalue weighted by Gasteiger charge is -2.07. The van der Waals surface area contributed by atoms with Crippen molar-refractivity contribution < 1.29 is 8.42 Å². The number of benzene rings is 1. The van der Waals surface area contributed by atoms with Crippen LogP contribution in [0.15, 0.2) is 52.3 Å². The Bertz CT molecular complexity index is 852. The Morgan fingerprint density at radius 3 is 2.76 bits per heavy atom. The minimum absolute atomic E-state index is 0.295. The van der Waals surface area contributed by atoms with Gasteiger partial charge in [0.15, 0.2) is 0 Å². The quantitative estimate of drug-likeness (QED) is 0.775. The number of H-pyrrole nitrogens is 1. The molecule has 2 N–H and O–H groups in total. The summed E-state index contributed by atoms with van der Waals surface area (Å²) in [6.07, 6.45) is 1.62. The molecule has 5 nitrogen and oxygen atoms in total. The molecule has 0 amide bonds. The molecule has 1 aromatic carbocycles. The molecule has 2 heterocycles. The van der Waals surface area contributed by atoms with E-state index in [4.69, 9.17) is 0 Å². The number of nitrogens with zero attached hydrogens (tertiary/aromatic N) is 1. The smallest absolute Gasteiger partial charge is 0.271 e. The lowest BCUT2D eigenvalue weighted by atomic mass is 10.1. The van der Waals surface area contributed by atoms with Gasteiger partial charge in [0.05, 0.1) is 12.0 Å². The fraction of sp³-hybridized carbons (Fsp3) is 0.0714. The highest BCUT2D eigenvalue weighted by Gasteiger charge is 2.15. The molecule has 0 saturated heterocycles. The third kappa shape index (κ3) is 2.84. The Morgan fingerprint density at radius 1 is 1.24 bits per heavy atom. The molecular formula is C14H13N3O2S2. The number of thiophene rings is 1. The van der Waals surface area contributed by atoms with Crippen LogP contribution in [0.2, 0.25) is 0 Å². The zero-order valence-electron chi connectivity index (χ0n) is 11.2. The highest BCUT2D eigenvalue weighted by Crippen LogP contribution is 2.25. The van der Waals surface area contributed by atoms with Crippen LogP contribution in [-0.4, -0.2) is 18.4 Å². The van der Waals surface area contributed by atoms with Crippen molar-refractivity contribution in [3.8, 4) is 11.3 Å². The molecule has 0 fully saturated rings. The van der Waals surface area contributed by atoms with Crippen molar-refractivity contribution in [2.45, 2.75) is 11.1 Å². The molecule has 7 heteroatoms. The monoisotopic (exact) mass is 319 g/mol. The van der Waals surface area contributed by atoms with Gasteiger partial charge in [-0.3, -0.25) is 4.72 Å². The highest BCUT2D eigenvalue weighted by atomic mass is 32.2. The van der Waals surface area contributed by atoms with E-state index in [0.29, 0.717) is 9.90 Å².